The van der Waals surface area contributed by atoms with Crippen LogP contribution >= 0.6 is 23.4 Å². The average molecular weight is 573 g/mol. The van der Waals surface area contributed by atoms with Crippen molar-refractivity contribution in [2.24, 2.45) is 5.41 Å². The van der Waals surface area contributed by atoms with Crippen LogP contribution in [-0.4, -0.2) is 82.1 Å². The number of piperidine rings is 1. The lowest BCUT2D eigenvalue weighted by atomic mass is 9.91. The van der Waals surface area contributed by atoms with E-state index in [0.717, 1.165) is 38.3 Å². The largest absolute Gasteiger partial charge is 0.353 e. The molecule has 1 unspecified atom stereocenters. The van der Waals surface area contributed by atoms with Crippen LogP contribution in [0.15, 0.2) is 41.6 Å². The Morgan fingerprint density at radius 2 is 1.79 bits per heavy atom. The van der Waals surface area contributed by atoms with E-state index in [9.17, 15) is 9.59 Å². The van der Waals surface area contributed by atoms with Crippen LogP contribution in [0.25, 0.3) is 0 Å². The molecule has 0 spiro atoms. The van der Waals surface area contributed by atoms with Gasteiger partial charge in [-0.25, -0.2) is 9.97 Å². The maximum absolute atomic E-state index is 12.8. The number of amides is 2. The topological polar surface area (TPSA) is 81.7 Å². The summed E-state index contributed by atoms with van der Waals surface area (Å²) in [5, 5.41) is 4.02. The van der Waals surface area contributed by atoms with Gasteiger partial charge in [-0.15, -0.1) is 0 Å². The van der Waals surface area contributed by atoms with Gasteiger partial charge in [0.05, 0.1) is 5.75 Å². The molecule has 0 bridgehead atoms. The number of halogens is 1. The van der Waals surface area contributed by atoms with Gasteiger partial charge in [-0.2, -0.15) is 0 Å². The second kappa shape index (κ2) is 13.3. The molecule has 212 valence electrons. The molecule has 1 N–H and O–H groups in total. The summed E-state index contributed by atoms with van der Waals surface area (Å²) >= 11 is 7.64. The van der Waals surface area contributed by atoms with Crippen molar-refractivity contribution in [1.29, 1.82) is 0 Å². The number of aromatic nitrogens is 2. The number of piperazine rings is 1. The number of hydrogen-bond acceptors (Lipinski definition) is 7. The number of thioether (sulfide) groups is 1. The number of benzene rings is 1. The summed E-state index contributed by atoms with van der Waals surface area (Å²) in [6.45, 7) is 13.2. The highest BCUT2D eigenvalue weighted by atomic mass is 35.5. The molecule has 1 aromatic heterocycles. The van der Waals surface area contributed by atoms with Crippen LogP contribution in [0, 0.1) is 5.41 Å². The minimum absolute atomic E-state index is 0.00812. The lowest BCUT2D eigenvalue weighted by molar-refractivity contribution is -0.135. The Morgan fingerprint density at radius 1 is 1.08 bits per heavy atom. The first-order valence-electron chi connectivity index (χ1n) is 13.8. The van der Waals surface area contributed by atoms with Crippen LogP contribution < -0.4 is 10.2 Å². The maximum atomic E-state index is 12.8. The minimum atomic E-state index is -0.0355. The molecule has 1 atom stereocenters. The van der Waals surface area contributed by atoms with E-state index < -0.39 is 0 Å². The third kappa shape index (κ3) is 9.08. The fourth-order valence-electron chi connectivity index (χ4n) is 5.18. The first-order chi connectivity index (χ1) is 18.6. The number of likely N-dealkylation sites (tertiary alicyclic amines) is 1. The van der Waals surface area contributed by atoms with Gasteiger partial charge in [-0.05, 0) is 30.7 Å². The molecule has 0 radical (unpaired) electrons. The molecule has 0 saturated carbocycles. The van der Waals surface area contributed by atoms with Crippen LogP contribution in [0.1, 0.15) is 52.5 Å². The fraction of sp³-hybridized carbons (Fsp3) is 0.586. The molecule has 2 fully saturated rings. The molecule has 0 aliphatic carbocycles. The first-order valence-corrected chi connectivity index (χ1v) is 15.2. The summed E-state index contributed by atoms with van der Waals surface area (Å²) in [5.41, 5.74) is 1.29. The van der Waals surface area contributed by atoms with Gasteiger partial charge in [-0.3, -0.25) is 14.5 Å². The van der Waals surface area contributed by atoms with Crippen LogP contribution in [0.2, 0.25) is 5.15 Å². The van der Waals surface area contributed by atoms with E-state index >= 15 is 0 Å². The van der Waals surface area contributed by atoms with E-state index in [2.05, 4.69) is 72.1 Å². The Balaban J connectivity index is 1.23. The van der Waals surface area contributed by atoms with Gasteiger partial charge in [0.2, 0.25) is 11.8 Å². The highest BCUT2D eigenvalue weighted by Crippen LogP contribution is 2.26. The number of carbonyl (C=O) groups is 2. The molecule has 8 nitrogen and oxygen atoms in total. The van der Waals surface area contributed by atoms with Crippen molar-refractivity contribution in [3.05, 3.63) is 47.1 Å². The zero-order chi connectivity index (χ0) is 28.0. The van der Waals surface area contributed by atoms with E-state index in [1.165, 1.54) is 17.3 Å². The van der Waals surface area contributed by atoms with Crippen LogP contribution in [0.4, 0.5) is 5.82 Å². The van der Waals surface area contributed by atoms with Crippen molar-refractivity contribution in [3.8, 4) is 0 Å². The van der Waals surface area contributed by atoms with E-state index in [1.807, 2.05) is 11.0 Å². The molecular formula is C29H41ClN6O2S. The molecule has 2 amide bonds. The lowest BCUT2D eigenvalue weighted by Gasteiger charge is -2.41. The van der Waals surface area contributed by atoms with E-state index in [4.69, 9.17) is 16.6 Å². The third-order valence-electron chi connectivity index (χ3n) is 7.15. The van der Waals surface area contributed by atoms with E-state index in [1.54, 1.807) is 6.07 Å². The number of hydrogen-bond donors (Lipinski definition) is 1. The normalized spacial score (nSPS) is 19.3. The number of carbonyl (C=O) groups excluding carboxylic acids is 2. The molecule has 2 aliphatic rings. The zero-order valence-corrected chi connectivity index (χ0v) is 25.1. The minimum Gasteiger partial charge on any atom is -0.353 e. The average Bonchev–Trinajstić information content (AvgIpc) is 2.88. The summed E-state index contributed by atoms with van der Waals surface area (Å²) in [6.07, 6.45) is 2.43. The molecule has 3 heterocycles. The first kappa shape index (κ1) is 29.6. The van der Waals surface area contributed by atoms with Gasteiger partial charge < -0.3 is 15.1 Å². The predicted molar refractivity (Wildman–Crippen MR) is 158 cm³/mol. The smallest absolute Gasteiger partial charge is 0.230 e. The van der Waals surface area contributed by atoms with Crippen molar-refractivity contribution in [1.82, 2.24) is 25.1 Å². The number of anilines is 1. The summed E-state index contributed by atoms with van der Waals surface area (Å²) in [7, 11) is 0. The van der Waals surface area contributed by atoms with Crippen molar-refractivity contribution in [2.45, 2.75) is 70.7 Å². The van der Waals surface area contributed by atoms with Crippen LogP contribution in [-0.2, 0) is 16.1 Å². The highest BCUT2D eigenvalue weighted by Gasteiger charge is 2.30. The Hall–Kier alpha value is -2.36. The molecular weight excluding hydrogens is 532 g/mol. The molecule has 10 heteroatoms. The van der Waals surface area contributed by atoms with E-state index in [-0.39, 0.29) is 35.1 Å². The van der Waals surface area contributed by atoms with Gasteiger partial charge in [-0.1, -0.05) is 74.5 Å². The Bertz CT molecular complexity index is 1120. The molecule has 2 aliphatic heterocycles. The quantitative estimate of drug-likeness (QED) is 0.284. The van der Waals surface area contributed by atoms with Crippen LogP contribution in [0.3, 0.4) is 0 Å². The standard InChI is InChI=1S/C29H41ClN6O2S/c1-21-18-35(14-15-36(21)27(38)17-29(2,3)4)25-16-24(30)32-28(33-25)39-20-26(37)31-23-10-12-34(13-11-23)19-22-8-6-5-7-9-22/h5-9,16,21,23H,10-15,17-20H2,1-4H3,(H,31,37). The van der Waals surface area contributed by atoms with Crippen molar-refractivity contribution >= 4 is 41.0 Å². The maximum Gasteiger partial charge on any atom is 0.230 e. The van der Waals surface area contributed by atoms with E-state index in [0.29, 0.717) is 36.4 Å². The SMILES string of the molecule is CC1CN(c2cc(Cl)nc(SCC(=O)NC3CCN(Cc4ccccc4)CC3)n2)CCN1C(=O)CC(C)(C)C. The predicted octanol–water partition coefficient (Wildman–Crippen LogP) is 4.48. The van der Waals surface area contributed by atoms with Crippen LogP contribution in [0.5, 0.6) is 0 Å². The molecule has 2 saturated heterocycles. The molecule has 39 heavy (non-hydrogen) atoms. The van der Waals surface area contributed by atoms with Gasteiger partial charge in [0.25, 0.3) is 0 Å². The second-order valence-electron chi connectivity index (χ2n) is 11.8. The zero-order valence-electron chi connectivity index (χ0n) is 23.5. The summed E-state index contributed by atoms with van der Waals surface area (Å²) < 4.78 is 0. The number of nitrogens with one attached hydrogen (secondary N) is 1. The molecule has 4 rings (SSSR count). The van der Waals surface area contributed by atoms with Gasteiger partial charge >= 0.3 is 0 Å². The fourth-order valence-corrected chi connectivity index (χ4v) is 6.07. The molecule has 2 aromatic rings. The highest BCUT2D eigenvalue weighted by molar-refractivity contribution is 7.99. The summed E-state index contributed by atoms with van der Waals surface area (Å²) in [4.78, 5) is 41.0. The second-order valence-corrected chi connectivity index (χ2v) is 13.2. The number of nitrogens with zero attached hydrogens (tertiary/aromatic N) is 5. The third-order valence-corrected chi connectivity index (χ3v) is 8.19. The Kier molecular flexibility index (Phi) is 10.1. The van der Waals surface area contributed by atoms with Crippen molar-refractivity contribution in [2.75, 3.05) is 43.4 Å². The lowest BCUT2D eigenvalue weighted by Crippen LogP contribution is -2.54. The Morgan fingerprint density at radius 3 is 2.46 bits per heavy atom. The molecule has 1 aromatic carbocycles. The van der Waals surface area contributed by atoms with Gasteiger partial charge in [0, 0.05) is 63.8 Å². The van der Waals surface area contributed by atoms with Gasteiger partial charge in [0.15, 0.2) is 5.16 Å². The summed E-state index contributed by atoms with van der Waals surface area (Å²) in [5.74, 6) is 1.17. The van der Waals surface area contributed by atoms with Crippen molar-refractivity contribution in [3.63, 3.8) is 0 Å². The number of rotatable bonds is 8. The van der Waals surface area contributed by atoms with Gasteiger partial charge in [0.1, 0.15) is 11.0 Å². The van der Waals surface area contributed by atoms with Crippen molar-refractivity contribution < 1.29 is 9.59 Å². The summed E-state index contributed by atoms with van der Waals surface area (Å²) in [6, 6.07) is 12.5. The monoisotopic (exact) mass is 572 g/mol. The Labute approximate surface area is 241 Å².